The van der Waals surface area contributed by atoms with E-state index in [1.54, 1.807) is 34.1 Å². The molecule has 0 saturated carbocycles. The molecule has 32 heavy (non-hydrogen) atoms. The highest BCUT2D eigenvalue weighted by molar-refractivity contribution is 7.89. The van der Waals surface area contributed by atoms with Crippen molar-refractivity contribution in [3.8, 4) is 17.0 Å². The Labute approximate surface area is 191 Å². The molecule has 170 valence electrons. The number of hydrogen-bond acceptors (Lipinski definition) is 7. The van der Waals surface area contributed by atoms with Crippen molar-refractivity contribution in [2.24, 2.45) is 7.05 Å². The highest BCUT2D eigenvalue weighted by atomic mass is 32.2. The maximum absolute atomic E-state index is 12.9. The van der Waals surface area contributed by atoms with Gasteiger partial charge in [0.05, 0.1) is 23.7 Å². The topological polar surface area (TPSA) is 106 Å². The largest absolute Gasteiger partial charge is 0.496 e. The molecule has 1 N–H and O–H groups in total. The third kappa shape index (κ3) is 4.15. The Morgan fingerprint density at radius 2 is 2.03 bits per heavy atom. The summed E-state index contributed by atoms with van der Waals surface area (Å²) in [6, 6.07) is 9.19. The van der Waals surface area contributed by atoms with E-state index < -0.39 is 15.3 Å². The van der Waals surface area contributed by atoms with Crippen LogP contribution in [0, 0.1) is 0 Å². The average Bonchev–Trinajstić information content (AvgIpc) is 3.35. The van der Waals surface area contributed by atoms with Crippen LogP contribution < -0.4 is 10.1 Å². The van der Waals surface area contributed by atoms with E-state index in [0.717, 1.165) is 16.1 Å². The molecular weight excluding hydrogens is 450 g/mol. The molecule has 0 unspecified atom stereocenters. The molecule has 2 aromatic heterocycles. The highest BCUT2D eigenvalue weighted by Crippen LogP contribution is 2.32. The summed E-state index contributed by atoms with van der Waals surface area (Å²) in [5, 5.41) is 7.26. The van der Waals surface area contributed by atoms with E-state index in [1.807, 2.05) is 24.3 Å². The van der Waals surface area contributed by atoms with Crippen molar-refractivity contribution in [3.05, 3.63) is 46.6 Å². The normalized spacial score (nSPS) is 14.4. The molecule has 1 aliphatic heterocycles. The summed E-state index contributed by atoms with van der Waals surface area (Å²) in [4.78, 5) is 18.3. The smallest absolute Gasteiger partial charge is 0.275 e. The molecule has 0 radical (unpaired) electrons. The van der Waals surface area contributed by atoms with Crippen molar-refractivity contribution in [3.63, 3.8) is 0 Å². The standard InChI is InChI=1S/C21H25N5O4S2/c1-13(2)32(28,29)26-10-9-15-19(12-26)31-21(22-15)23-20(27)17-11-16(24-25(17)3)14-7-5-6-8-18(14)30-4/h5-8,11,13H,9-10,12H2,1-4H3,(H,22,23,27). The van der Waals surface area contributed by atoms with Gasteiger partial charge in [0.15, 0.2) is 5.13 Å². The van der Waals surface area contributed by atoms with E-state index in [0.29, 0.717) is 35.2 Å². The summed E-state index contributed by atoms with van der Waals surface area (Å²) in [7, 11) is -0.0373. The van der Waals surface area contributed by atoms with Gasteiger partial charge in [-0.1, -0.05) is 12.1 Å². The number of nitrogens with zero attached hydrogens (tertiary/aromatic N) is 4. The van der Waals surface area contributed by atoms with Gasteiger partial charge in [-0.25, -0.2) is 13.4 Å². The zero-order chi connectivity index (χ0) is 23.0. The number of aromatic nitrogens is 3. The first-order valence-corrected chi connectivity index (χ1v) is 12.5. The number of para-hydroxylation sites is 1. The minimum Gasteiger partial charge on any atom is -0.496 e. The molecule has 0 bridgehead atoms. The predicted octanol–water partition coefficient (Wildman–Crippen LogP) is 2.90. The second kappa shape index (κ2) is 8.64. The Kier molecular flexibility index (Phi) is 6.06. The van der Waals surface area contributed by atoms with Crippen LogP contribution in [0.25, 0.3) is 11.3 Å². The molecule has 0 saturated heterocycles. The van der Waals surface area contributed by atoms with Crippen LogP contribution in [0.5, 0.6) is 5.75 Å². The van der Waals surface area contributed by atoms with Gasteiger partial charge in [-0.15, -0.1) is 11.3 Å². The van der Waals surface area contributed by atoms with Crippen LogP contribution in [0.4, 0.5) is 5.13 Å². The predicted molar refractivity (Wildman–Crippen MR) is 123 cm³/mol. The molecule has 0 atom stereocenters. The van der Waals surface area contributed by atoms with Gasteiger partial charge in [0.25, 0.3) is 5.91 Å². The Balaban J connectivity index is 1.53. The molecule has 1 aromatic carbocycles. The minimum absolute atomic E-state index is 0.285. The molecular formula is C21H25N5O4S2. The first kappa shape index (κ1) is 22.4. The first-order chi connectivity index (χ1) is 15.2. The van der Waals surface area contributed by atoms with Crippen LogP contribution in [0.15, 0.2) is 30.3 Å². The summed E-state index contributed by atoms with van der Waals surface area (Å²) in [6.07, 6.45) is 0.525. The number of anilines is 1. The lowest BCUT2D eigenvalue weighted by atomic mass is 10.1. The van der Waals surface area contributed by atoms with Crippen LogP contribution in [-0.2, 0) is 30.0 Å². The van der Waals surface area contributed by atoms with Crippen molar-refractivity contribution < 1.29 is 17.9 Å². The summed E-state index contributed by atoms with van der Waals surface area (Å²) < 4.78 is 33.4. The zero-order valence-corrected chi connectivity index (χ0v) is 20.0. The Hall–Kier alpha value is -2.76. The lowest BCUT2D eigenvalue weighted by Crippen LogP contribution is -2.39. The lowest BCUT2D eigenvalue weighted by Gasteiger charge is -2.26. The first-order valence-electron chi connectivity index (χ1n) is 10.2. The molecule has 3 heterocycles. The third-order valence-electron chi connectivity index (χ3n) is 5.37. The van der Waals surface area contributed by atoms with Crippen molar-refractivity contribution >= 4 is 32.4 Å². The minimum atomic E-state index is -3.33. The van der Waals surface area contributed by atoms with Crippen molar-refractivity contribution in [2.45, 2.75) is 32.1 Å². The number of carbonyl (C=O) groups is 1. The number of sulfonamides is 1. The van der Waals surface area contributed by atoms with Gasteiger partial charge in [0.1, 0.15) is 11.4 Å². The molecule has 0 fully saturated rings. The van der Waals surface area contributed by atoms with E-state index in [4.69, 9.17) is 4.74 Å². The zero-order valence-electron chi connectivity index (χ0n) is 18.3. The fourth-order valence-corrected chi connectivity index (χ4v) is 5.92. The number of nitrogens with one attached hydrogen (secondary N) is 1. The Morgan fingerprint density at radius 1 is 1.28 bits per heavy atom. The maximum Gasteiger partial charge on any atom is 0.275 e. The van der Waals surface area contributed by atoms with Crippen LogP contribution in [0.2, 0.25) is 0 Å². The van der Waals surface area contributed by atoms with Crippen molar-refractivity contribution in [1.29, 1.82) is 0 Å². The highest BCUT2D eigenvalue weighted by Gasteiger charge is 2.31. The van der Waals surface area contributed by atoms with Gasteiger partial charge in [-0.05, 0) is 32.0 Å². The molecule has 11 heteroatoms. The maximum atomic E-state index is 12.9. The van der Waals surface area contributed by atoms with Crippen molar-refractivity contribution in [1.82, 2.24) is 19.1 Å². The molecule has 9 nitrogen and oxygen atoms in total. The number of carbonyl (C=O) groups excluding carboxylic acids is 1. The van der Waals surface area contributed by atoms with Crippen LogP contribution in [-0.4, -0.2) is 52.3 Å². The van der Waals surface area contributed by atoms with Gasteiger partial charge in [0, 0.05) is 37.0 Å². The summed E-state index contributed by atoms with van der Waals surface area (Å²) in [5.74, 6) is 0.338. The number of aryl methyl sites for hydroxylation is 1. The number of benzene rings is 1. The number of hydrogen-bond donors (Lipinski definition) is 1. The van der Waals surface area contributed by atoms with Crippen LogP contribution >= 0.6 is 11.3 Å². The summed E-state index contributed by atoms with van der Waals surface area (Å²) in [5.41, 5.74) is 2.63. The van der Waals surface area contributed by atoms with Crippen LogP contribution in [0.1, 0.15) is 34.9 Å². The van der Waals surface area contributed by atoms with Crippen molar-refractivity contribution in [2.75, 3.05) is 19.0 Å². The van der Waals surface area contributed by atoms with Gasteiger partial charge in [-0.2, -0.15) is 9.40 Å². The molecule has 0 aliphatic carbocycles. The van der Waals surface area contributed by atoms with E-state index in [9.17, 15) is 13.2 Å². The van der Waals surface area contributed by atoms with Gasteiger partial charge >= 0.3 is 0 Å². The summed E-state index contributed by atoms with van der Waals surface area (Å²) in [6.45, 7) is 4.04. The van der Waals surface area contributed by atoms with E-state index in [2.05, 4.69) is 15.4 Å². The van der Waals surface area contributed by atoms with Gasteiger partial charge < -0.3 is 4.74 Å². The van der Waals surface area contributed by atoms with E-state index in [1.165, 1.54) is 20.3 Å². The fourth-order valence-electron chi connectivity index (χ4n) is 3.57. The fraction of sp³-hybridized carbons (Fsp3) is 0.381. The quantitative estimate of drug-likeness (QED) is 0.588. The number of amides is 1. The Morgan fingerprint density at radius 3 is 2.75 bits per heavy atom. The second-order valence-electron chi connectivity index (χ2n) is 7.76. The van der Waals surface area contributed by atoms with Gasteiger partial charge in [0.2, 0.25) is 10.0 Å². The van der Waals surface area contributed by atoms with Gasteiger partial charge in [-0.3, -0.25) is 14.8 Å². The van der Waals surface area contributed by atoms with E-state index >= 15 is 0 Å². The number of ether oxygens (including phenoxy) is 1. The number of thiazole rings is 1. The monoisotopic (exact) mass is 475 g/mol. The SMILES string of the molecule is COc1ccccc1-c1cc(C(=O)Nc2nc3c(s2)CN(S(=O)(=O)C(C)C)CC3)n(C)n1. The molecule has 3 aromatic rings. The number of rotatable bonds is 6. The number of fused-ring (bicyclic) bond motifs is 1. The van der Waals surface area contributed by atoms with E-state index in [-0.39, 0.29) is 12.5 Å². The van der Waals surface area contributed by atoms with Crippen LogP contribution in [0.3, 0.4) is 0 Å². The number of methoxy groups -OCH3 is 1. The molecule has 1 aliphatic rings. The lowest BCUT2D eigenvalue weighted by molar-refractivity contribution is 0.101. The summed E-state index contributed by atoms with van der Waals surface area (Å²) >= 11 is 1.31. The second-order valence-corrected chi connectivity index (χ2v) is 11.3. The molecule has 4 rings (SSSR count). The average molecular weight is 476 g/mol. The third-order valence-corrected chi connectivity index (χ3v) is 8.59. The molecule has 0 spiro atoms. The molecule has 1 amide bonds. The Bertz CT molecular complexity index is 1260.